The molecule has 3 aromatic rings. The normalized spacial score (nSPS) is 10.6. The number of carbonyl (C=O) groups is 2. The van der Waals surface area contributed by atoms with E-state index in [0.29, 0.717) is 12.2 Å². The molecule has 2 N–H and O–H groups in total. The van der Waals surface area contributed by atoms with Gasteiger partial charge in [-0.2, -0.15) is 5.10 Å². The zero-order valence-electron chi connectivity index (χ0n) is 13.8. The number of aromatic nitrogens is 3. The van der Waals surface area contributed by atoms with Crippen LogP contribution in [0.2, 0.25) is 0 Å². The summed E-state index contributed by atoms with van der Waals surface area (Å²) < 4.78 is 11.7. The number of rotatable bonds is 6. The molecule has 3 heterocycles. The van der Waals surface area contributed by atoms with E-state index in [0.717, 1.165) is 17.0 Å². The van der Waals surface area contributed by atoms with E-state index in [4.69, 9.17) is 8.94 Å². The van der Waals surface area contributed by atoms with E-state index < -0.39 is 5.91 Å². The molecular formula is C16H17N5O4. The molecule has 0 saturated carbocycles. The molecule has 0 atom stereocenters. The molecule has 130 valence electrons. The van der Waals surface area contributed by atoms with Crippen LogP contribution in [0, 0.1) is 13.8 Å². The highest BCUT2D eigenvalue weighted by Gasteiger charge is 2.12. The molecule has 9 nitrogen and oxygen atoms in total. The predicted octanol–water partition coefficient (Wildman–Crippen LogP) is 1.50. The lowest BCUT2D eigenvalue weighted by molar-refractivity contribution is -0.115. The molecule has 0 radical (unpaired) electrons. The van der Waals surface area contributed by atoms with Crippen molar-refractivity contribution >= 4 is 17.5 Å². The molecule has 0 aliphatic heterocycles. The fourth-order valence-corrected chi connectivity index (χ4v) is 2.26. The van der Waals surface area contributed by atoms with Gasteiger partial charge < -0.3 is 19.6 Å². The quantitative estimate of drug-likeness (QED) is 0.701. The summed E-state index contributed by atoms with van der Waals surface area (Å²) in [5.41, 5.74) is 2.29. The molecule has 2 amide bonds. The van der Waals surface area contributed by atoms with E-state index in [1.165, 1.54) is 18.5 Å². The Bertz CT molecular complexity index is 859. The second-order valence-corrected chi connectivity index (χ2v) is 5.44. The maximum atomic E-state index is 11.9. The average Bonchev–Trinajstić information content (AvgIpc) is 3.32. The molecule has 9 heteroatoms. The topological polar surface area (TPSA) is 115 Å². The highest BCUT2D eigenvalue weighted by Crippen LogP contribution is 2.14. The second kappa shape index (κ2) is 7.04. The van der Waals surface area contributed by atoms with Gasteiger partial charge in [0.2, 0.25) is 5.91 Å². The van der Waals surface area contributed by atoms with E-state index >= 15 is 0 Å². The molecule has 0 spiro atoms. The average molecular weight is 343 g/mol. The maximum Gasteiger partial charge on any atom is 0.287 e. The van der Waals surface area contributed by atoms with Gasteiger partial charge in [0.1, 0.15) is 5.76 Å². The molecule has 0 aliphatic rings. The first kappa shape index (κ1) is 16.5. The van der Waals surface area contributed by atoms with Crippen molar-refractivity contribution in [1.29, 1.82) is 0 Å². The number of hydrogen-bond donors (Lipinski definition) is 2. The third-order valence-electron chi connectivity index (χ3n) is 3.57. The minimum absolute atomic E-state index is 0.153. The summed E-state index contributed by atoms with van der Waals surface area (Å²) in [6, 6.07) is 3.12. The van der Waals surface area contributed by atoms with Gasteiger partial charge in [-0.25, -0.2) is 0 Å². The second-order valence-electron chi connectivity index (χ2n) is 5.44. The minimum atomic E-state index is -0.450. The Morgan fingerprint density at radius 2 is 2.16 bits per heavy atom. The van der Waals surface area contributed by atoms with E-state index in [9.17, 15) is 9.59 Å². The minimum Gasteiger partial charge on any atom is -0.459 e. The Hall–Kier alpha value is -3.36. The lowest BCUT2D eigenvalue weighted by atomic mass is 10.2. The number of furan rings is 1. The Balaban J connectivity index is 1.52. The number of amides is 2. The number of aryl methyl sites for hydroxylation is 2. The number of nitrogens with zero attached hydrogens (tertiary/aromatic N) is 3. The molecule has 0 fully saturated rings. The van der Waals surface area contributed by atoms with Crippen molar-refractivity contribution in [2.45, 2.75) is 20.4 Å². The Labute approximate surface area is 143 Å². The van der Waals surface area contributed by atoms with Crippen molar-refractivity contribution in [3.8, 4) is 0 Å². The summed E-state index contributed by atoms with van der Waals surface area (Å²) in [6.45, 7) is 4.02. The Kier molecular flexibility index (Phi) is 4.64. The van der Waals surface area contributed by atoms with Crippen LogP contribution in [0.1, 0.15) is 27.6 Å². The highest BCUT2D eigenvalue weighted by molar-refractivity contribution is 5.97. The Morgan fingerprint density at radius 1 is 1.32 bits per heavy atom. The van der Waals surface area contributed by atoms with Crippen LogP contribution in [0.4, 0.5) is 5.69 Å². The standard InChI is InChI=1S/C16H17N5O4/c1-10-13(11(2)25-20-10)9-21-8-12(6-18-21)19-15(22)7-17-16(23)14-4-3-5-24-14/h3-6,8H,7,9H2,1-2H3,(H,17,23)(H,19,22). The first-order valence-corrected chi connectivity index (χ1v) is 7.58. The third kappa shape index (κ3) is 3.94. The van der Waals surface area contributed by atoms with Crippen molar-refractivity contribution in [3.05, 3.63) is 53.6 Å². The van der Waals surface area contributed by atoms with Gasteiger partial charge in [-0.15, -0.1) is 0 Å². The van der Waals surface area contributed by atoms with E-state index in [2.05, 4.69) is 20.9 Å². The van der Waals surface area contributed by atoms with Crippen LogP contribution in [0.3, 0.4) is 0 Å². The van der Waals surface area contributed by atoms with E-state index in [1.54, 1.807) is 16.9 Å². The van der Waals surface area contributed by atoms with Crippen molar-refractivity contribution in [1.82, 2.24) is 20.3 Å². The largest absolute Gasteiger partial charge is 0.459 e. The smallest absolute Gasteiger partial charge is 0.287 e. The van der Waals surface area contributed by atoms with Gasteiger partial charge in [-0.3, -0.25) is 14.3 Å². The molecule has 0 bridgehead atoms. The zero-order chi connectivity index (χ0) is 17.8. The van der Waals surface area contributed by atoms with Crippen LogP contribution < -0.4 is 10.6 Å². The first-order chi connectivity index (χ1) is 12.0. The third-order valence-corrected chi connectivity index (χ3v) is 3.57. The monoisotopic (exact) mass is 343 g/mol. The Morgan fingerprint density at radius 3 is 2.84 bits per heavy atom. The summed E-state index contributed by atoms with van der Waals surface area (Å²) in [5.74, 6) is 0.0744. The molecule has 0 saturated heterocycles. The zero-order valence-corrected chi connectivity index (χ0v) is 13.8. The lowest BCUT2D eigenvalue weighted by Gasteiger charge is -2.04. The molecule has 3 aromatic heterocycles. The molecular weight excluding hydrogens is 326 g/mol. The summed E-state index contributed by atoms with van der Waals surface area (Å²) in [4.78, 5) is 23.6. The molecule has 25 heavy (non-hydrogen) atoms. The van der Waals surface area contributed by atoms with Gasteiger partial charge >= 0.3 is 0 Å². The molecule has 0 unspecified atom stereocenters. The van der Waals surface area contributed by atoms with Crippen molar-refractivity contribution < 1.29 is 18.5 Å². The summed E-state index contributed by atoms with van der Waals surface area (Å²) >= 11 is 0. The van der Waals surface area contributed by atoms with Crippen LogP contribution in [0.5, 0.6) is 0 Å². The number of carbonyl (C=O) groups excluding carboxylic acids is 2. The van der Waals surface area contributed by atoms with E-state index in [-0.39, 0.29) is 18.2 Å². The van der Waals surface area contributed by atoms with Crippen molar-refractivity contribution in [2.75, 3.05) is 11.9 Å². The molecule has 0 aromatic carbocycles. The lowest BCUT2D eigenvalue weighted by Crippen LogP contribution is -2.32. The summed E-state index contributed by atoms with van der Waals surface area (Å²) in [5, 5.41) is 13.2. The molecule has 0 aliphatic carbocycles. The van der Waals surface area contributed by atoms with Crippen molar-refractivity contribution in [3.63, 3.8) is 0 Å². The van der Waals surface area contributed by atoms with Crippen molar-refractivity contribution in [2.24, 2.45) is 0 Å². The molecule has 3 rings (SSSR count). The van der Waals surface area contributed by atoms with Crippen LogP contribution in [0.25, 0.3) is 0 Å². The van der Waals surface area contributed by atoms with Crippen LogP contribution >= 0.6 is 0 Å². The van der Waals surface area contributed by atoms with Crippen LogP contribution in [-0.2, 0) is 11.3 Å². The maximum absolute atomic E-state index is 11.9. The fourth-order valence-electron chi connectivity index (χ4n) is 2.26. The van der Waals surface area contributed by atoms with Gasteiger partial charge in [-0.1, -0.05) is 5.16 Å². The van der Waals surface area contributed by atoms with Crippen LogP contribution in [-0.4, -0.2) is 33.3 Å². The highest BCUT2D eigenvalue weighted by atomic mass is 16.5. The van der Waals surface area contributed by atoms with Crippen LogP contribution in [0.15, 0.2) is 39.7 Å². The summed E-state index contributed by atoms with van der Waals surface area (Å²) in [6.07, 6.45) is 4.62. The number of hydrogen-bond acceptors (Lipinski definition) is 6. The number of nitrogens with one attached hydrogen (secondary N) is 2. The van der Waals surface area contributed by atoms with Gasteiger partial charge in [0.25, 0.3) is 5.91 Å². The van der Waals surface area contributed by atoms with Gasteiger partial charge in [0.05, 0.1) is 36.9 Å². The fraction of sp³-hybridized carbons (Fsp3) is 0.250. The first-order valence-electron chi connectivity index (χ1n) is 7.58. The summed E-state index contributed by atoms with van der Waals surface area (Å²) in [7, 11) is 0. The SMILES string of the molecule is Cc1noc(C)c1Cn1cc(NC(=O)CNC(=O)c2ccco2)cn1. The van der Waals surface area contributed by atoms with Gasteiger partial charge in [0.15, 0.2) is 5.76 Å². The number of anilines is 1. The van der Waals surface area contributed by atoms with E-state index in [1.807, 2.05) is 13.8 Å². The van der Waals surface area contributed by atoms with Gasteiger partial charge in [0, 0.05) is 11.8 Å². The predicted molar refractivity (Wildman–Crippen MR) is 87.0 cm³/mol. The van der Waals surface area contributed by atoms with Gasteiger partial charge in [-0.05, 0) is 26.0 Å².